The summed E-state index contributed by atoms with van der Waals surface area (Å²) >= 11 is 0. The van der Waals surface area contributed by atoms with Crippen molar-refractivity contribution < 1.29 is 19.1 Å². The Hall–Kier alpha value is -1.84. The SMILES string of the molecule is CC1CCC(C(C)C)C(OC(=O)C2C(COC(=O)c3ccccc3)C2(C)C)C1. The molecule has 2 fully saturated rings. The van der Waals surface area contributed by atoms with Gasteiger partial charge in [-0.25, -0.2) is 4.79 Å². The van der Waals surface area contributed by atoms with Crippen LogP contribution in [-0.4, -0.2) is 24.6 Å². The lowest BCUT2D eigenvalue weighted by Crippen LogP contribution is -2.36. The van der Waals surface area contributed by atoms with Gasteiger partial charge in [-0.15, -0.1) is 0 Å². The number of esters is 2. The molecule has 0 saturated heterocycles. The quantitative estimate of drug-likeness (QED) is 0.637. The van der Waals surface area contributed by atoms with Gasteiger partial charge in [0, 0.05) is 5.92 Å². The Morgan fingerprint density at radius 3 is 2.46 bits per heavy atom. The highest BCUT2D eigenvalue weighted by atomic mass is 16.5. The van der Waals surface area contributed by atoms with Crippen LogP contribution < -0.4 is 0 Å². The van der Waals surface area contributed by atoms with E-state index in [-0.39, 0.29) is 41.9 Å². The minimum Gasteiger partial charge on any atom is -0.462 e. The van der Waals surface area contributed by atoms with E-state index in [1.54, 1.807) is 12.1 Å². The highest BCUT2D eigenvalue weighted by Crippen LogP contribution is 2.59. The highest BCUT2D eigenvalue weighted by molar-refractivity contribution is 5.89. The van der Waals surface area contributed by atoms with E-state index in [0.717, 1.165) is 12.8 Å². The molecule has 154 valence electrons. The molecule has 28 heavy (non-hydrogen) atoms. The maximum absolute atomic E-state index is 12.9. The van der Waals surface area contributed by atoms with Gasteiger partial charge in [0.15, 0.2) is 0 Å². The van der Waals surface area contributed by atoms with Gasteiger partial charge in [-0.1, -0.05) is 59.2 Å². The number of hydrogen-bond donors (Lipinski definition) is 0. The predicted molar refractivity (Wildman–Crippen MR) is 109 cm³/mol. The highest BCUT2D eigenvalue weighted by Gasteiger charge is 2.63. The molecule has 0 bridgehead atoms. The van der Waals surface area contributed by atoms with Gasteiger partial charge in [0.1, 0.15) is 6.10 Å². The second-order valence-corrected chi connectivity index (χ2v) is 9.67. The summed E-state index contributed by atoms with van der Waals surface area (Å²) in [4.78, 5) is 25.1. The number of carbonyl (C=O) groups excluding carboxylic acids is 2. The third-order valence-electron chi connectivity index (χ3n) is 6.94. The van der Waals surface area contributed by atoms with Crippen molar-refractivity contribution in [1.29, 1.82) is 0 Å². The minimum atomic E-state index is -0.337. The van der Waals surface area contributed by atoms with Gasteiger partial charge in [0.05, 0.1) is 18.1 Å². The zero-order valence-corrected chi connectivity index (χ0v) is 17.8. The van der Waals surface area contributed by atoms with E-state index in [9.17, 15) is 9.59 Å². The van der Waals surface area contributed by atoms with Gasteiger partial charge in [-0.2, -0.15) is 0 Å². The van der Waals surface area contributed by atoms with Crippen molar-refractivity contribution >= 4 is 11.9 Å². The molecule has 0 aliphatic heterocycles. The first-order chi connectivity index (χ1) is 13.2. The molecule has 0 radical (unpaired) electrons. The molecular weight excluding hydrogens is 352 g/mol. The molecule has 0 N–H and O–H groups in total. The van der Waals surface area contributed by atoms with Crippen LogP contribution in [0.25, 0.3) is 0 Å². The molecule has 1 aromatic rings. The van der Waals surface area contributed by atoms with Crippen LogP contribution >= 0.6 is 0 Å². The fraction of sp³-hybridized carbons (Fsp3) is 0.667. The lowest BCUT2D eigenvalue weighted by atomic mass is 9.75. The fourth-order valence-corrected chi connectivity index (χ4v) is 4.82. The smallest absolute Gasteiger partial charge is 0.338 e. The van der Waals surface area contributed by atoms with Crippen molar-refractivity contribution in [1.82, 2.24) is 0 Å². The molecule has 3 rings (SSSR count). The molecule has 0 spiro atoms. The normalized spacial score (nSPS) is 31.3. The van der Waals surface area contributed by atoms with Gasteiger partial charge in [-0.05, 0) is 48.1 Å². The van der Waals surface area contributed by atoms with Crippen LogP contribution in [0, 0.1) is 35.0 Å². The number of rotatable bonds is 6. The van der Waals surface area contributed by atoms with Crippen molar-refractivity contribution in [3.05, 3.63) is 35.9 Å². The van der Waals surface area contributed by atoms with Crippen LogP contribution in [0.1, 0.15) is 64.2 Å². The fourth-order valence-electron chi connectivity index (χ4n) is 4.82. The van der Waals surface area contributed by atoms with E-state index in [1.165, 1.54) is 6.42 Å². The monoisotopic (exact) mass is 386 g/mol. The van der Waals surface area contributed by atoms with E-state index in [1.807, 2.05) is 18.2 Å². The summed E-state index contributed by atoms with van der Waals surface area (Å²) in [5.74, 6) is 0.929. The molecule has 2 saturated carbocycles. The Kier molecular flexibility index (Phi) is 6.16. The third kappa shape index (κ3) is 4.42. The molecule has 1 aromatic carbocycles. The molecule has 0 heterocycles. The molecule has 0 aromatic heterocycles. The molecule has 2 aliphatic carbocycles. The summed E-state index contributed by atoms with van der Waals surface area (Å²) in [7, 11) is 0. The summed E-state index contributed by atoms with van der Waals surface area (Å²) in [6.07, 6.45) is 3.31. The first-order valence-electron chi connectivity index (χ1n) is 10.6. The number of hydrogen-bond acceptors (Lipinski definition) is 4. The zero-order valence-electron chi connectivity index (χ0n) is 17.8. The van der Waals surface area contributed by atoms with Crippen molar-refractivity contribution in [3.63, 3.8) is 0 Å². The van der Waals surface area contributed by atoms with Crippen LogP contribution in [0.5, 0.6) is 0 Å². The van der Waals surface area contributed by atoms with Gasteiger partial charge < -0.3 is 9.47 Å². The van der Waals surface area contributed by atoms with E-state index >= 15 is 0 Å². The number of benzene rings is 1. The lowest BCUT2D eigenvalue weighted by Gasteiger charge is -2.36. The average molecular weight is 387 g/mol. The van der Waals surface area contributed by atoms with Crippen LogP contribution in [-0.2, 0) is 14.3 Å². The Morgan fingerprint density at radius 1 is 1.14 bits per heavy atom. The molecule has 0 amide bonds. The number of ether oxygens (including phenoxy) is 2. The van der Waals surface area contributed by atoms with Gasteiger partial charge in [0.2, 0.25) is 0 Å². The second kappa shape index (κ2) is 8.26. The van der Waals surface area contributed by atoms with E-state index in [2.05, 4.69) is 34.6 Å². The van der Waals surface area contributed by atoms with Crippen LogP contribution in [0.2, 0.25) is 0 Å². The summed E-state index contributed by atoms with van der Waals surface area (Å²) < 4.78 is 11.5. The minimum absolute atomic E-state index is 0.0140. The Balaban J connectivity index is 1.57. The molecule has 5 atom stereocenters. The summed E-state index contributed by atoms with van der Waals surface area (Å²) in [6, 6.07) is 8.97. The van der Waals surface area contributed by atoms with Crippen molar-refractivity contribution in [2.24, 2.45) is 35.0 Å². The largest absolute Gasteiger partial charge is 0.462 e. The lowest BCUT2D eigenvalue weighted by molar-refractivity contribution is -0.158. The Bertz CT molecular complexity index is 694. The second-order valence-electron chi connectivity index (χ2n) is 9.67. The summed E-state index contributed by atoms with van der Waals surface area (Å²) in [6.45, 7) is 11.1. The first-order valence-corrected chi connectivity index (χ1v) is 10.6. The van der Waals surface area contributed by atoms with Crippen LogP contribution in [0.4, 0.5) is 0 Å². The molecule has 5 unspecified atom stereocenters. The van der Waals surface area contributed by atoms with Crippen molar-refractivity contribution in [3.8, 4) is 0 Å². The topological polar surface area (TPSA) is 52.6 Å². The van der Waals surface area contributed by atoms with Crippen molar-refractivity contribution in [2.75, 3.05) is 6.61 Å². The molecule has 4 heteroatoms. The first kappa shape index (κ1) is 20.9. The maximum Gasteiger partial charge on any atom is 0.338 e. The Morgan fingerprint density at radius 2 is 1.82 bits per heavy atom. The summed E-state index contributed by atoms with van der Waals surface area (Å²) in [5, 5.41) is 0. The molecule has 2 aliphatic rings. The van der Waals surface area contributed by atoms with Gasteiger partial charge in [0.25, 0.3) is 0 Å². The zero-order chi connectivity index (χ0) is 20.5. The average Bonchev–Trinajstić information content (AvgIpc) is 3.20. The standard InChI is InChI=1S/C24H34O4/c1-15(2)18-12-11-16(3)13-20(18)28-23(26)21-19(24(21,4)5)14-27-22(25)17-9-7-6-8-10-17/h6-10,15-16,18-21H,11-14H2,1-5H3. The Labute approximate surface area is 169 Å². The van der Waals surface area contributed by atoms with Crippen LogP contribution in [0.15, 0.2) is 30.3 Å². The van der Waals surface area contributed by atoms with E-state index in [4.69, 9.17) is 9.47 Å². The van der Waals surface area contributed by atoms with E-state index in [0.29, 0.717) is 23.3 Å². The van der Waals surface area contributed by atoms with Gasteiger partial charge >= 0.3 is 11.9 Å². The predicted octanol–water partition coefficient (Wildman–Crippen LogP) is 5.12. The van der Waals surface area contributed by atoms with E-state index < -0.39 is 0 Å². The third-order valence-corrected chi connectivity index (χ3v) is 6.94. The number of carbonyl (C=O) groups is 2. The van der Waals surface area contributed by atoms with Gasteiger partial charge in [-0.3, -0.25) is 4.79 Å². The molecular formula is C24H34O4. The summed E-state index contributed by atoms with van der Waals surface area (Å²) in [5.41, 5.74) is 0.345. The maximum atomic E-state index is 12.9. The molecule has 4 nitrogen and oxygen atoms in total. The van der Waals surface area contributed by atoms with Crippen LogP contribution in [0.3, 0.4) is 0 Å². The van der Waals surface area contributed by atoms with Crippen molar-refractivity contribution in [2.45, 2.75) is 60.0 Å².